The van der Waals surface area contributed by atoms with Gasteiger partial charge in [-0.3, -0.25) is 4.40 Å². The van der Waals surface area contributed by atoms with Crippen molar-refractivity contribution in [2.24, 2.45) is 5.73 Å². The van der Waals surface area contributed by atoms with Crippen LogP contribution in [0.5, 0.6) is 0 Å². The maximum Gasteiger partial charge on any atom is 0.193 e. The van der Waals surface area contributed by atoms with E-state index in [4.69, 9.17) is 5.73 Å². The molecule has 2 N–H and O–H groups in total. The number of halogens is 1. The van der Waals surface area contributed by atoms with Crippen LogP contribution in [0.1, 0.15) is 5.69 Å². The quantitative estimate of drug-likeness (QED) is 0.808. The fourth-order valence-electron chi connectivity index (χ4n) is 1.18. The number of alkyl halides is 1. The molecule has 0 spiro atoms. The fraction of sp³-hybridized carbons (Fsp3) is 0.375. The summed E-state index contributed by atoms with van der Waals surface area (Å²) in [7, 11) is 0. The standard InChI is InChI=1S/C8H10FN3S/c9-6(4-10)3-7-5-12-1-2-13-8(12)11-7/h1-2,5-6H,3-4,10H2. The van der Waals surface area contributed by atoms with Crippen LogP contribution in [0.3, 0.4) is 0 Å². The number of fused-ring (bicyclic) bond motifs is 1. The molecule has 0 fully saturated rings. The van der Waals surface area contributed by atoms with Crippen LogP contribution in [0.25, 0.3) is 4.96 Å². The van der Waals surface area contributed by atoms with E-state index in [0.29, 0.717) is 6.42 Å². The van der Waals surface area contributed by atoms with Gasteiger partial charge in [-0.05, 0) is 0 Å². The molecule has 2 heterocycles. The van der Waals surface area contributed by atoms with Gasteiger partial charge in [-0.2, -0.15) is 0 Å². The van der Waals surface area contributed by atoms with Crippen LogP contribution in [-0.2, 0) is 6.42 Å². The summed E-state index contributed by atoms with van der Waals surface area (Å²) >= 11 is 1.54. The molecule has 5 heteroatoms. The average Bonchev–Trinajstić information content (AvgIpc) is 2.63. The molecule has 0 saturated heterocycles. The molecule has 3 nitrogen and oxygen atoms in total. The molecule has 0 bridgehead atoms. The number of rotatable bonds is 3. The van der Waals surface area contributed by atoms with Crippen LogP contribution >= 0.6 is 11.3 Å². The first kappa shape index (κ1) is 8.65. The Bertz CT molecular complexity index is 366. The maximum absolute atomic E-state index is 12.9. The highest BCUT2D eigenvalue weighted by atomic mass is 32.1. The second-order valence-corrected chi connectivity index (χ2v) is 3.74. The number of nitrogens with two attached hydrogens (primary N) is 1. The maximum atomic E-state index is 12.9. The first-order valence-corrected chi connectivity index (χ1v) is 4.93. The lowest BCUT2D eigenvalue weighted by Gasteiger charge is -1.99. The minimum Gasteiger partial charge on any atom is -0.328 e. The lowest BCUT2D eigenvalue weighted by Crippen LogP contribution is -2.17. The molecule has 0 amide bonds. The highest BCUT2D eigenvalue weighted by Gasteiger charge is 2.08. The van der Waals surface area contributed by atoms with Gasteiger partial charge >= 0.3 is 0 Å². The Morgan fingerprint density at radius 1 is 1.69 bits per heavy atom. The van der Waals surface area contributed by atoms with Crippen molar-refractivity contribution in [2.45, 2.75) is 12.6 Å². The summed E-state index contributed by atoms with van der Waals surface area (Å²) in [5.74, 6) is 0. The van der Waals surface area contributed by atoms with Crippen LogP contribution < -0.4 is 5.73 Å². The summed E-state index contributed by atoms with van der Waals surface area (Å²) in [4.78, 5) is 5.15. The van der Waals surface area contributed by atoms with Gasteiger partial charge in [-0.1, -0.05) is 0 Å². The van der Waals surface area contributed by atoms with Gasteiger partial charge in [0, 0.05) is 30.7 Å². The van der Waals surface area contributed by atoms with E-state index < -0.39 is 6.17 Å². The van der Waals surface area contributed by atoms with E-state index in [2.05, 4.69) is 4.98 Å². The third-order valence-electron chi connectivity index (χ3n) is 1.83. The predicted molar refractivity (Wildman–Crippen MR) is 50.7 cm³/mol. The van der Waals surface area contributed by atoms with Crippen molar-refractivity contribution < 1.29 is 4.39 Å². The third-order valence-corrected chi connectivity index (χ3v) is 2.60. The first-order chi connectivity index (χ1) is 6.29. The summed E-state index contributed by atoms with van der Waals surface area (Å²) in [5, 5.41) is 1.95. The SMILES string of the molecule is NCC(F)Cc1cn2ccsc2n1. The second-order valence-electron chi connectivity index (χ2n) is 2.86. The van der Waals surface area contributed by atoms with Crippen LogP contribution in [0.15, 0.2) is 17.8 Å². The van der Waals surface area contributed by atoms with Crippen molar-refractivity contribution in [3.05, 3.63) is 23.5 Å². The Morgan fingerprint density at radius 3 is 3.23 bits per heavy atom. The Balaban J connectivity index is 2.20. The molecule has 1 atom stereocenters. The van der Waals surface area contributed by atoms with Gasteiger partial charge in [0.05, 0.1) is 5.69 Å². The lowest BCUT2D eigenvalue weighted by molar-refractivity contribution is 0.338. The van der Waals surface area contributed by atoms with Crippen molar-refractivity contribution in [2.75, 3.05) is 6.54 Å². The van der Waals surface area contributed by atoms with Crippen molar-refractivity contribution in [1.29, 1.82) is 0 Å². The molecule has 0 radical (unpaired) electrons. The van der Waals surface area contributed by atoms with Crippen molar-refractivity contribution >= 4 is 16.3 Å². The molecule has 13 heavy (non-hydrogen) atoms. The number of imidazole rings is 1. The third kappa shape index (κ3) is 1.71. The normalized spacial score (nSPS) is 13.7. The zero-order valence-electron chi connectivity index (χ0n) is 6.98. The minimum absolute atomic E-state index is 0.0607. The molecule has 2 aromatic heterocycles. The molecule has 1 unspecified atom stereocenters. The van der Waals surface area contributed by atoms with Gasteiger partial charge < -0.3 is 5.73 Å². The van der Waals surface area contributed by atoms with E-state index in [1.807, 2.05) is 22.2 Å². The average molecular weight is 199 g/mol. The topological polar surface area (TPSA) is 43.3 Å². The number of aromatic nitrogens is 2. The predicted octanol–water partition coefficient (Wildman–Crippen LogP) is 1.24. The van der Waals surface area contributed by atoms with Crippen LogP contribution in [0.4, 0.5) is 4.39 Å². The molecule has 0 saturated carbocycles. The fourth-order valence-corrected chi connectivity index (χ4v) is 1.90. The van der Waals surface area contributed by atoms with E-state index >= 15 is 0 Å². The van der Waals surface area contributed by atoms with Gasteiger partial charge in [-0.25, -0.2) is 9.37 Å². The Kier molecular flexibility index (Phi) is 2.28. The van der Waals surface area contributed by atoms with Gasteiger partial charge in [-0.15, -0.1) is 11.3 Å². The zero-order valence-corrected chi connectivity index (χ0v) is 7.80. The summed E-state index contributed by atoms with van der Waals surface area (Å²) in [6, 6.07) is 0. The minimum atomic E-state index is -0.982. The van der Waals surface area contributed by atoms with E-state index in [0.717, 1.165) is 10.7 Å². The molecule has 0 aliphatic carbocycles. The van der Waals surface area contributed by atoms with E-state index in [1.165, 1.54) is 0 Å². The van der Waals surface area contributed by atoms with Crippen LogP contribution in [-0.4, -0.2) is 22.1 Å². The Hall–Kier alpha value is -0.940. The van der Waals surface area contributed by atoms with E-state index in [9.17, 15) is 4.39 Å². The molecule has 2 aromatic rings. The highest BCUT2D eigenvalue weighted by Crippen LogP contribution is 2.12. The number of hydrogen-bond acceptors (Lipinski definition) is 3. The zero-order chi connectivity index (χ0) is 9.26. The van der Waals surface area contributed by atoms with Gasteiger partial charge in [0.2, 0.25) is 0 Å². The smallest absolute Gasteiger partial charge is 0.193 e. The monoisotopic (exact) mass is 199 g/mol. The number of thiazole rings is 1. The Morgan fingerprint density at radius 2 is 2.54 bits per heavy atom. The first-order valence-electron chi connectivity index (χ1n) is 4.05. The summed E-state index contributed by atoms with van der Waals surface area (Å²) in [5.41, 5.74) is 5.95. The molecule has 70 valence electrons. The number of hydrogen-bond donors (Lipinski definition) is 1. The van der Waals surface area contributed by atoms with E-state index in [1.54, 1.807) is 11.3 Å². The van der Waals surface area contributed by atoms with E-state index in [-0.39, 0.29) is 6.54 Å². The molecule has 2 rings (SSSR count). The molecular weight excluding hydrogens is 189 g/mol. The summed E-state index contributed by atoms with van der Waals surface area (Å²) in [6.45, 7) is 0.0607. The molecule has 0 aromatic carbocycles. The lowest BCUT2D eigenvalue weighted by atomic mass is 10.2. The molecular formula is C8H10FN3S. The van der Waals surface area contributed by atoms with Crippen LogP contribution in [0.2, 0.25) is 0 Å². The molecule has 0 aliphatic heterocycles. The van der Waals surface area contributed by atoms with Crippen molar-refractivity contribution in [3.63, 3.8) is 0 Å². The number of nitrogens with zero attached hydrogens (tertiary/aromatic N) is 2. The van der Waals surface area contributed by atoms with Crippen LogP contribution in [0, 0.1) is 0 Å². The van der Waals surface area contributed by atoms with Gasteiger partial charge in [0.25, 0.3) is 0 Å². The van der Waals surface area contributed by atoms with Crippen molar-refractivity contribution in [3.8, 4) is 0 Å². The second kappa shape index (κ2) is 3.43. The Labute approximate surface area is 79.0 Å². The van der Waals surface area contributed by atoms with Crippen molar-refractivity contribution in [1.82, 2.24) is 9.38 Å². The molecule has 0 aliphatic rings. The largest absolute Gasteiger partial charge is 0.328 e. The van der Waals surface area contributed by atoms with Gasteiger partial charge in [0.15, 0.2) is 4.96 Å². The highest BCUT2D eigenvalue weighted by molar-refractivity contribution is 7.15. The summed E-state index contributed by atoms with van der Waals surface area (Å²) in [6.07, 6.45) is 3.08. The van der Waals surface area contributed by atoms with Gasteiger partial charge in [0.1, 0.15) is 6.17 Å². The summed E-state index contributed by atoms with van der Waals surface area (Å²) < 4.78 is 14.8.